The molecule has 23 heavy (non-hydrogen) atoms. The number of nitrogens with zero attached hydrogens (tertiary/aromatic N) is 4. The number of carbonyl (C=O) groups excluding carboxylic acids is 1. The second-order valence-corrected chi connectivity index (χ2v) is 5.76. The van der Waals surface area contributed by atoms with Gasteiger partial charge in [-0.3, -0.25) is 9.78 Å². The largest absolute Gasteiger partial charge is 0.368 e. The van der Waals surface area contributed by atoms with Crippen molar-refractivity contribution in [3.8, 4) is 0 Å². The Morgan fingerprint density at radius 3 is 2.87 bits per heavy atom. The van der Waals surface area contributed by atoms with E-state index in [1.165, 1.54) is 0 Å². The van der Waals surface area contributed by atoms with Crippen LogP contribution in [0.1, 0.15) is 39.4 Å². The Hall–Kier alpha value is -2.34. The topological polar surface area (TPSA) is 68.2 Å². The van der Waals surface area contributed by atoms with E-state index in [1.54, 1.807) is 11.1 Å². The molecule has 6 heteroatoms. The van der Waals surface area contributed by atoms with Crippen LogP contribution in [0.3, 0.4) is 0 Å². The fourth-order valence-electron chi connectivity index (χ4n) is 2.78. The number of ether oxygens (including phenoxy) is 1. The summed E-state index contributed by atoms with van der Waals surface area (Å²) in [4.78, 5) is 27.5. The summed E-state index contributed by atoms with van der Waals surface area (Å²) in [5.41, 5.74) is 3.11. The molecule has 0 radical (unpaired) electrons. The molecule has 3 rings (SSSR count). The van der Waals surface area contributed by atoms with E-state index < -0.39 is 0 Å². The maximum atomic E-state index is 12.7. The summed E-state index contributed by atoms with van der Waals surface area (Å²) in [6.45, 7) is 7.22. The summed E-state index contributed by atoms with van der Waals surface area (Å²) >= 11 is 0. The summed E-state index contributed by atoms with van der Waals surface area (Å²) in [6.07, 6.45) is 1.42. The summed E-state index contributed by atoms with van der Waals surface area (Å²) in [7, 11) is 0. The van der Waals surface area contributed by atoms with Gasteiger partial charge < -0.3 is 9.64 Å². The van der Waals surface area contributed by atoms with Gasteiger partial charge in [0.05, 0.1) is 18.8 Å². The van der Waals surface area contributed by atoms with E-state index in [0.29, 0.717) is 31.2 Å². The van der Waals surface area contributed by atoms with E-state index >= 15 is 0 Å². The SMILES string of the molecule is Cc1cc([C@H]2CN(C(=O)c3ncccc3C)CCO2)nc(C)n1. The number of rotatable bonds is 2. The van der Waals surface area contributed by atoms with Gasteiger partial charge in [0.25, 0.3) is 5.91 Å². The third-order valence-corrected chi connectivity index (χ3v) is 3.88. The molecule has 3 heterocycles. The Balaban J connectivity index is 1.81. The van der Waals surface area contributed by atoms with Crippen molar-refractivity contribution >= 4 is 5.91 Å². The molecule has 1 aliphatic heterocycles. The van der Waals surface area contributed by atoms with Crippen LogP contribution >= 0.6 is 0 Å². The molecule has 0 bridgehead atoms. The molecule has 0 N–H and O–H groups in total. The van der Waals surface area contributed by atoms with Gasteiger partial charge in [-0.2, -0.15) is 0 Å². The van der Waals surface area contributed by atoms with E-state index in [4.69, 9.17) is 4.74 Å². The predicted octanol–water partition coefficient (Wildman–Crippen LogP) is 2.01. The van der Waals surface area contributed by atoms with Crippen LogP contribution in [0.2, 0.25) is 0 Å². The van der Waals surface area contributed by atoms with Gasteiger partial charge in [-0.15, -0.1) is 0 Å². The van der Waals surface area contributed by atoms with Crippen LogP contribution in [0.25, 0.3) is 0 Å². The van der Waals surface area contributed by atoms with E-state index in [-0.39, 0.29) is 12.0 Å². The van der Waals surface area contributed by atoms with E-state index in [2.05, 4.69) is 15.0 Å². The third-order valence-electron chi connectivity index (χ3n) is 3.88. The molecule has 6 nitrogen and oxygen atoms in total. The van der Waals surface area contributed by atoms with Crippen LogP contribution in [0, 0.1) is 20.8 Å². The van der Waals surface area contributed by atoms with Gasteiger partial charge in [-0.05, 0) is 38.5 Å². The highest BCUT2D eigenvalue weighted by atomic mass is 16.5. The molecule has 120 valence electrons. The van der Waals surface area contributed by atoms with E-state index in [0.717, 1.165) is 17.0 Å². The third kappa shape index (κ3) is 3.37. The van der Waals surface area contributed by atoms with Crippen LogP contribution in [0.5, 0.6) is 0 Å². The second kappa shape index (κ2) is 6.42. The molecule has 1 amide bonds. The fourth-order valence-corrected chi connectivity index (χ4v) is 2.78. The highest BCUT2D eigenvalue weighted by Gasteiger charge is 2.28. The number of morpholine rings is 1. The number of pyridine rings is 1. The summed E-state index contributed by atoms with van der Waals surface area (Å²) in [5.74, 6) is 0.659. The van der Waals surface area contributed by atoms with Crippen molar-refractivity contribution in [2.45, 2.75) is 26.9 Å². The van der Waals surface area contributed by atoms with E-state index in [9.17, 15) is 4.79 Å². The van der Waals surface area contributed by atoms with Crippen molar-refractivity contribution in [3.63, 3.8) is 0 Å². The molecule has 0 spiro atoms. The van der Waals surface area contributed by atoms with Crippen LogP contribution in [-0.4, -0.2) is 45.5 Å². The zero-order chi connectivity index (χ0) is 16.4. The highest BCUT2D eigenvalue weighted by Crippen LogP contribution is 2.22. The van der Waals surface area contributed by atoms with Gasteiger partial charge in [-0.1, -0.05) is 6.07 Å². The summed E-state index contributed by atoms with van der Waals surface area (Å²) in [5, 5.41) is 0. The van der Waals surface area contributed by atoms with Crippen LogP contribution < -0.4 is 0 Å². The van der Waals surface area contributed by atoms with Crippen molar-refractivity contribution < 1.29 is 9.53 Å². The maximum absolute atomic E-state index is 12.7. The van der Waals surface area contributed by atoms with Crippen molar-refractivity contribution in [1.82, 2.24) is 19.9 Å². The molecule has 1 fully saturated rings. The predicted molar refractivity (Wildman–Crippen MR) is 85.1 cm³/mol. The van der Waals surface area contributed by atoms with Crippen molar-refractivity contribution in [3.05, 3.63) is 52.9 Å². The smallest absolute Gasteiger partial charge is 0.272 e. The lowest BCUT2D eigenvalue weighted by Crippen LogP contribution is -2.43. The minimum atomic E-state index is -0.225. The normalized spacial score (nSPS) is 18.0. The number of hydrogen-bond acceptors (Lipinski definition) is 5. The Labute approximate surface area is 135 Å². The van der Waals surface area contributed by atoms with Gasteiger partial charge in [0, 0.05) is 18.4 Å². The summed E-state index contributed by atoms with van der Waals surface area (Å²) < 4.78 is 5.82. The minimum Gasteiger partial charge on any atom is -0.368 e. The number of amides is 1. The molecular weight excluding hydrogens is 292 g/mol. The Bertz CT molecular complexity index is 712. The number of aromatic nitrogens is 3. The average Bonchev–Trinajstić information content (AvgIpc) is 2.54. The van der Waals surface area contributed by atoms with Crippen LogP contribution in [-0.2, 0) is 4.74 Å². The van der Waals surface area contributed by atoms with Crippen molar-refractivity contribution in [1.29, 1.82) is 0 Å². The number of aryl methyl sites for hydroxylation is 3. The molecule has 0 saturated carbocycles. The van der Waals surface area contributed by atoms with Gasteiger partial charge in [-0.25, -0.2) is 9.97 Å². The lowest BCUT2D eigenvalue weighted by Gasteiger charge is -2.32. The lowest BCUT2D eigenvalue weighted by molar-refractivity contribution is -0.0250. The lowest BCUT2D eigenvalue weighted by atomic mass is 10.1. The molecule has 0 unspecified atom stereocenters. The first-order chi connectivity index (χ1) is 11.0. The molecule has 0 aromatic carbocycles. The monoisotopic (exact) mass is 312 g/mol. The zero-order valence-corrected chi connectivity index (χ0v) is 13.6. The molecule has 0 aliphatic carbocycles. The first-order valence-electron chi connectivity index (χ1n) is 7.69. The first-order valence-corrected chi connectivity index (χ1v) is 7.69. The summed E-state index contributed by atoms with van der Waals surface area (Å²) in [6, 6.07) is 5.65. The molecule has 2 aromatic rings. The van der Waals surface area contributed by atoms with E-state index in [1.807, 2.05) is 39.0 Å². The first kappa shape index (κ1) is 15.6. The Kier molecular flexibility index (Phi) is 4.34. The van der Waals surface area contributed by atoms with Gasteiger partial charge in [0.2, 0.25) is 0 Å². The van der Waals surface area contributed by atoms with Crippen molar-refractivity contribution in [2.75, 3.05) is 19.7 Å². The minimum absolute atomic E-state index is 0.0566. The van der Waals surface area contributed by atoms with Gasteiger partial charge in [0.1, 0.15) is 17.6 Å². The second-order valence-electron chi connectivity index (χ2n) is 5.76. The molecule has 1 saturated heterocycles. The Morgan fingerprint density at radius 2 is 2.13 bits per heavy atom. The zero-order valence-electron chi connectivity index (χ0n) is 13.6. The van der Waals surface area contributed by atoms with Gasteiger partial charge in [0.15, 0.2) is 0 Å². The average molecular weight is 312 g/mol. The number of carbonyl (C=O) groups is 1. The maximum Gasteiger partial charge on any atom is 0.272 e. The quantitative estimate of drug-likeness (QED) is 0.848. The highest BCUT2D eigenvalue weighted by molar-refractivity contribution is 5.93. The molecule has 1 aliphatic rings. The number of hydrogen-bond donors (Lipinski definition) is 0. The molecule has 2 aromatic heterocycles. The fraction of sp³-hybridized carbons (Fsp3) is 0.412. The van der Waals surface area contributed by atoms with Crippen LogP contribution in [0.15, 0.2) is 24.4 Å². The molecule has 1 atom stereocenters. The van der Waals surface area contributed by atoms with Crippen molar-refractivity contribution in [2.24, 2.45) is 0 Å². The van der Waals surface area contributed by atoms with Crippen LogP contribution in [0.4, 0.5) is 0 Å². The Morgan fingerprint density at radius 1 is 1.30 bits per heavy atom. The van der Waals surface area contributed by atoms with Gasteiger partial charge >= 0.3 is 0 Å². The molecular formula is C17H20N4O2. The standard InChI is InChI=1S/C17H20N4O2/c1-11-5-4-6-18-16(11)17(22)21-7-8-23-15(10-21)14-9-12(2)19-13(3)20-14/h4-6,9,15H,7-8,10H2,1-3H3/t15-/m1/s1.